The van der Waals surface area contributed by atoms with Gasteiger partial charge in [-0.1, -0.05) is 6.92 Å². The molecular weight excluding hydrogens is 230 g/mol. The fraction of sp³-hybridized carbons (Fsp3) is 0.583. The molecule has 1 N–H and O–H groups in total. The summed E-state index contributed by atoms with van der Waals surface area (Å²) in [7, 11) is 1.70. The molecule has 6 nitrogen and oxygen atoms in total. The van der Waals surface area contributed by atoms with Crippen LogP contribution in [-0.2, 0) is 7.05 Å². The van der Waals surface area contributed by atoms with Crippen molar-refractivity contribution in [3.63, 3.8) is 0 Å². The number of urea groups is 1. The number of carbonyl (C=O) groups excluding carboxylic acids is 1. The van der Waals surface area contributed by atoms with Gasteiger partial charge in [0.05, 0.1) is 6.20 Å². The van der Waals surface area contributed by atoms with E-state index in [0.29, 0.717) is 17.3 Å². The Labute approximate surface area is 106 Å². The van der Waals surface area contributed by atoms with Crippen LogP contribution in [0.15, 0.2) is 6.20 Å². The molecule has 0 saturated carbocycles. The lowest BCUT2D eigenvalue weighted by atomic mass is 10.0. The average Bonchev–Trinajstić information content (AvgIpc) is 2.70. The normalized spacial score (nSPS) is 19.4. The van der Waals surface area contributed by atoms with Crippen molar-refractivity contribution in [3.8, 4) is 6.07 Å². The minimum absolute atomic E-state index is 0.151. The molecule has 0 aromatic carbocycles. The summed E-state index contributed by atoms with van der Waals surface area (Å²) < 4.78 is 1.50. The lowest BCUT2D eigenvalue weighted by Gasteiger charge is -2.30. The van der Waals surface area contributed by atoms with E-state index in [9.17, 15) is 4.79 Å². The minimum atomic E-state index is -0.151. The van der Waals surface area contributed by atoms with Gasteiger partial charge in [-0.25, -0.2) is 4.79 Å². The number of likely N-dealkylation sites (tertiary alicyclic amines) is 1. The van der Waals surface area contributed by atoms with Crippen molar-refractivity contribution in [2.45, 2.75) is 19.8 Å². The lowest BCUT2D eigenvalue weighted by Crippen LogP contribution is -2.42. The van der Waals surface area contributed by atoms with Gasteiger partial charge >= 0.3 is 6.03 Å². The van der Waals surface area contributed by atoms with Gasteiger partial charge < -0.3 is 4.90 Å². The van der Waals surface area contributed by atoms with Gasteiger partial charge in [0.2, 0.25) is 0 Å². The summed E-state index contributed by atoms with van der Waals surface area (Å²) in [6.07, 6.45) is 3.65. The minimum Gasteiger partial charge on any atom is -0.324 e. The highest BCUT2D eigenvalue weighted by molar-refractivity contribution is 5.89. The molecule has 0 bridgehead atoms. The molecule has 0 radical (unpaired) electrons. The molecule has 2 amide bonds. The second-order valence-corrected chi connectivity index (χ2v) is 4.77. The van der Waals surface area contributed by atoms with Crippen LogP contribution in [0.2, 0.25) is 0 Å². The van der Waals surface area contributed by atoms with Crippen LogP contribution in [0.25, 0.3) is 0 Å². The first-order chi connectivity index (χ1) is 8.61. The maximum atomic E-state index is 12.1. The zero-order valence-corrected chi connectivity index (χ0v) is 10.7. The van der Waals surface area contributed by atoms with Gasteiger partial charge in [0.1, 0.15) is 17.5 Å². The molecule has 1 saturated heterocycles. The monoisotopic (exact) mass is 247 g/mol. The van der Waals surface area contributed by atoms with Crippen LogP contribution in [0.1, 0.15) is 25.3 Å². The van der Waals surface area contributed by atoms with Crippen LogP contribution in [0.5, 0.6) is 0 Å². The molecule has 2 rings (SSSR count). The topological polar surface area (TPSA) is 74.0 Å². The quantitative estimate of drug-likeness (QED) is 0.818. The highest BCUT2D eigenvalue weighted by atomic mass is 16.2. The first-order valence-electron chi connectivity index (χ1n) is 6.10. The highest BCUT2D eigenvalue weighted by Crippen LogP contribution is 2.18. The predicted octanol–water partition coefficient (Wildman–Crippen LogP) is 1.56. The Bertz CT molecular complexity index is 487. The third kappa shape index (κ3) is 2.45. The zero-order valence-electron chi connectivity index (χ0n) is 10.7. The second kappa shape index (κ2) is 5.08. The first kappa shape index (κ1) is 12.4. The number of nitrogens with one attached hydrogen (secondary N) is 1. The molecule has 1 aliphatic rings. The van der Waals surface area contributed by atoms with E-state index in [1.807, 2.05) is 6.07 Å². The summed E-state index contributed by atoms with van der Waals surface area (Å²) >= 11 is 0. The standard InChI is InChI=1S/C12H17N5O/c1-9-4-3-5-17(8-9)12(18)15-11-10(6-13)7-14-16(11)2/h7,9H,3-5,8H2,1-2H3,(H,15,18). The van der Waals surface area contributed by atoms with Gasteiger partial charge in [-0.15, -0.1) is 0 Å². The van der Waals surface area contributed by atoms with E-state index >= 15 is 0 Å². The Morgan fingerprint density at radius 2 is 2.44 bits per heavy atom. The van der Waals surface area contributed by atoms with Crippen LogP contribution < -0.4 is 5.32 Å². The van der Waals surface area contributed by atoms with Gasteiger partial charge in [0.15, 0.2) is 0 Å². The molecule has 1 atom stereocenters. The molecule has 18 heavy (non-hydrogen) atoms. The van der Waals surface area contributed by atoms with E-state index in [-0.39, 0.29) is 6.03 Å². The van der Waals surface area contributed by atoms with Crippen molar-refractivity contribution in [1.29, 1.82) is 5.26 Å². The summed E-state index contributed by atoms with van der Waals surface area (Å²) in [4.78, 5) is 13.9. The van der Waals surface area contributed by atoms with Gasteiger partial charge in [-0.3, -0.25) is 10.00 Å². The zero-order chi connectivity index (χ0) is 13.1. The SMILES string of the molecule is CC1CCCN(C(=O)Nc2c(C#N)cnn2C)C1. The molecule has 2 heterocycles. The Morgan fingerprint density at radius 3 is 3.11 bits per heavy atom. The molecule has 0 aliphatic carbocycles. The summed E-state index contributed by atoms with van der Waals surface area (Å²) in [6.45, 7) is 3.69. The van der Waals surface area contributed by atoms with Crippen LogP contribution in [0, 0.1) is 17.2 Å². The number of aryl methyl sites for hydroxylation is 1. The van der Waals surface area contributed by atoms with E-state index in [2.05, 4.69) is 17.3 Å². The average molecular weight is 247 g/mol. The van der Waals surface area contributed by atoms with Crippen LogP contribution >= 0.6 is 0 Å². The fourth-order valence-electron chi connectivity index (χ4n) is 2.22. The predicted molar refractivity (Wildman–Crippen MR) is 66.9 cm³/mol. The Kier molecular flexibility index (Phi) is 3.51. The number of hydrogen-bond donors (Lipinski definition) is 1. The van der Waals surface area contributed by atoms with Crippen LogP contribution in [0.3, 0.4) is 0 Å². The number of nitriles is 1. The van der Waals surface area contributed by atoms with Gasteiger partial charge in [0, 0.05) is 20.1 Å². The molecule has 6 heteroatoms. The number of amides is 2. The molecule has 1 unspecified atom stereocenters. The molecule has 1 aromatic rings. The number of anilines is 1. The second-order valence-electron chi connectivity index (χ2n) is 4.77. The van der Waals surface area contributed by atoms with Crippen molar-refractivity contribution in [2.75, 3.05) is 18.4 Å². The lowest BCUT2D eigenvalue weighted by molar-refractivity contribution is 0.182. The fourth-order valence-corrected chi connectivity index (χ4v) is 2.22. The summed E-state index contributed by atoms with van der Waals surface area (Å²) in [5, 5.41) is 15.7. The van der Waals surface area contributed by atoms with Gasteiger partial charge in [-0.05, 0) is 18.8 Å². The third-order valence-electron chi connectivity index (χ3n) is 3.23. The number of aromatic nitrogens is 2. The Balaban J connectivity index is 2.07. The van der Waals surface area contributed by atoms with E-state index in [4.69, 9.17) is 5.26 Å². The van der Waals surface area contributed by atoms with Gasteiger partial charge in [-0.2, -0.15) is 10.4 Å². The molecule has 0 spiro atoms. The van der Waals surface area contributed by atoms with E-state index < -0.39 is 0 Å². The Morgan fingerprint density at radius 1 is 1.67 bits per heavy atom. The number of hydrogen-bond acceptors (Lipinski definition) is 3. The number of rotatable bonds is 1. The van der Waals surface area contributed by atoms with Crippen molar-refractivity contribution in [3.05, 3.63) is 11.8 Å². The molecule has 1 aliphatic heterocycles. The smallest absolute Gasteiger partial charge is 0.323 e. The van der Waals surface area contributed by atoms with Crippen molar-refractivity contribution in [1.82, 2.24) is 14.7 Å². The number of piperidine rings is 1. The number of carbonyl (C=O) groups is 1. The maximum Gasteiger partial charge on any atom is 0.323 e. The van der Waals surface area contributed by atoms with Gasteiger partial charge in [0.25, 0.3) is 0 Å². The molecular formula is C12H17N5O. The Hall–Kier alpha value is -2.03. The van der Waals surface area contributed by atoms with Crippen molar-refractivity contribution in [2.24, 2.45) is 13.0 Å². The maximum absolute atomic E-state index is 12.1. The van der Waals surface area contributed by atoms with E-state index in [1.54, 1.807) is 11.9 Å². The van der Waals surface area contributed by atoms with Crippen LogP contribution in [0.4, 0.5) is 10.6 Å². The molecule has 1 aromatic heterocycles. The summed E-state index contributed by atoms with van der Waals surface area (Å²) in [6, 6.07) is 1.87. The van der Waals surface area contributed by atoms with Crippen LogP contribution in [-0.4, -0.2) is 33.8 Å². The number of nitrogens with zero attached hydrogens (tertiary/aromatic N) is 4. The third-order valence-corrected chi connectivity index (χ3v) is 3.23. The van der Waals surface area contributed by atoms with E-state index in [1.165, 1.54) is 17.3 Å². The molecule has 1 fully saturated rings. The first-order valence-corrected chi connectivity index (χ1v) is 6.10. The van der Waals surface area contributed by atoms with E-state index in [0.717, 1.165) is 19.5 Å². The highest BCUT2D eigenvalue weighted by Gasteiger charge is 2.22. The summed E-state index contributed by atoms with van der Waals surface area (Å²) in [5.41, 5.74) is 0.385. The van der Waals surface area contributed by atoms with Crippen molar-refractivity contribution >= 4 is 11.8 Å². The largest absolute Gasteiger partial charge is 0.324 e. The summed E-state index contributed by atoms with van der Waals surface area (Å²) in [5.74, 6) is 0.993. The molecule has 96 valence electrons. The van der Waals surface area contributed by atoms with Crippen molar-refractivity contribution < 1.29 is 4.79 Å².